The van der Waals surface area contributed by atoms with E-state index in [2.05, 4.69) is 52.3 Å². The maximum absolute atomic E-state index is 11.2. The van der Waals surface area contributed by atoms with Crippen LogP contribution in [0.5, 0.6) is 0 Å². The Bertz CT molecular complexity index is 797. The monoisotopic (exact) mass is 478 g/mol. The van der Waals surface area contributed by atoms with E-state index < -0.39 is 0 Å². The number of aliphatic hydroxyl groups is 1. The minimum atomic E-state index is -0.343. The van der Waals surface area contributed by atoms with Crippen LogP contribution in [-0.4, -0.2) is 59.8 Å². The molecule has 0 aromatic rings. The van der Waals surface area contributed by atoms with Gasteiger partial charge in [-0.3, -0.25) is 4.90 Å². The number of piperidine rings is 2. The van der Waals surface area contributed by atoms with Gasteiger partial charge < -0.3 is 10.0 Å². The molecule has 5 heterocycles. The van der Waals surface area contributed by atoms with Crippen molar-refractivity contribution in [3.63, 3.8) is 0 Å². The zero-order valence-corrected chi connectivity index (χ0v) is 22.1. The molecule has 3 nitrogen and oxygen atoms in total. The van der Waals surface area contributed by atoms with Crippen molar-refractivity contribution in [2.24, 2.45) is 17.3 Å². The highest BCUT2D eigenvalue weighted by Crippen LogP contribution is 2.57. The Morgan fingerprint density at radius 1 is 0.800 bits per heavy atom. The topological polar surface area (TPSA) is 26.7 Å². The van der Waals surface area contributed by atoms with Gasteiger partial charge in [-0.25, -0.2) is 0 Å². The summed E-state index contributed by atoms with van der Waals surface area (Å²) in [6.45, 7) is 5.98. The van der Waals surface area contributed by atoms with Gasteiger partial charge in [0, 0.05) is 37.6 Å². The second-order valence-corrected chi connectivity index (χ2v) is 12.2. The lowest BCUT2D eigenvalue weighted by Gasteiger charge is -2.64. The summed E-state index contributed by atoms with van der Waals surface area (Å²) in [6, 6.07) is 0.521. The smallest absolute Gasteiger partial charge is 0.0730 e. The van der Waals surface area contributed by atoms with Crippen molar-refractivity contribution >= 4 is 0 Å². The zero-order valence-electron chi connectivity index (χ0n) is 22.1. The van der Waals surface area contributed by atoms with Crippen LogP contribution in [0.25, 0.3) is 0 Å². The van der Waals surface area contributed by atoms with E-state index >= 15 is 0 Å². The summed E-state index contributed by atoms with van der Waals surface area (Å²) >= 11 is 0. The molecule has 0 saturated carbocycles. The molecule has 6 bridgehead atoms. The molecule has 0 aromatic carbocycles. The number of hydrogen-bond acceptors (Lipinski definition) is 3. The Labute approximate surface area is 215 Å². The first kappa shape index (κ1) is 25.5. The Kier molecular flexibility index (Phi) is 9.02. The molecule has 1 aliphatic carbocycles. The SMILES string of the molecule is OC1/C=C\C=C/CCN2C[C@H]3C=C4CCCCCCCCCC/C=C\CCN5CC[C@H]3[C@@](C1)(C5)[C@@H]42. The number of fused-ring (bicyclic) bond motifs is 1. The summed E-state index contributed by atoms with van der Waals surface area (Å²) in [7, 11) is 0. The highest BCUT2D eigenvalue weighted by atomic mass is 16.3. The average Bonchev–Trinajstić information content (AvgIpc) is 2.87. The third-order valence-electron chi connectivity index (χ3n) is 9.78. The van der Waals surface area contributed by atoms with Crippen LogP contribution in [-0.2, 0) is 0 Å². The van der Waals surface area contributed by atoms with Gasteiger partial charge in [-0.05, 0) is 69.7 Å². The fourth-order valence-corrected chi connectivity index (χ4v) is 8.33. The number of rotatable bonds is 0. The Morgan fingerprint density at radius 3 is 2.46 bits per heavy atom. The van der Waals surface area contributed by atoms with E-state index in [-0.39, 0.29) is 11.5 Å². The summed E-state index contributed by atoms with van der Waals surface area (Å²) in [5.41, 5.74) is 1.92. The normalized spacial score (nSPS) is 44.1. The summed E-state index contributed by atoms with van der Waals surface area (Å²) in [5.74, 6) is 1.40. The van der Waals surface area contributed by atoms with Gasteiger partial charge in [-0.2, -0.15) is 0 Å². The lowest BCUT2D eigenvalue weighted by molar-refractivity contribution is -0.120. The number of hydrogen-bond donors (Lipinski definition) is 1. The molecule has 3 unspecified atom stereocenters. The molecule has 2 fully saturated rings. The largest absolute Gasteiger partial charge is 0.389 e. The Balaban J connectivity index is 1.43. The fraction of sp³-hybridized carbons (Fsp3) is 0.750. The fourth-order valence-electron chi connectivity index (χ4n) is 8.33. The van der Waals surface area contributed by atoms with E-state index in [1.165, 1.54) is 103 Å². The van der Waals surface area contributed by atoms with Crippen molar-refractivity contribution in [2.75, 3.05) is 32.7 Å². The van der Waals surface area contributed by atoms with Gasteiger partial charge >= 0.3 is 0 Å². The lowest BCUT2D eigenvalue weighted by Crippen LogP contribution is -2.69. The minimum absolute atomic E-state index is 0.186. The van der Waals surface area contributed by atoms with Crippen molar-refractivity contribution < 1.29 is 5.11 Å². The molecular weight excluding hydrogens is 428 g/mol. The lowest BCUT2D eigenvalue weighted by atomic mass is 9.51. The van der Waals surface area contributed by atoms with Crippen LogP contribution in [0.2, 0.25) is 0 Å². The van der Waals surface area contributed by atoms with E-state index in [4.69, 9.17) is 0 Å². The van der Waals surface area contributed by atoms with Gasteiger partial charge in [0.2, 0.25) is 0 Å². The maximum Gasteiger partial charge on any atom is 0.0730 e. The van der Waals surface area contributed by atoms with Gasteiger partial charge in [-0.1, -0.05) is 86.6 Å². The van der Waals surface area contributed by atoms with Crippen LogP contribution in [0.15, 0.2) is 48.1 Å². The summed E-state index contributed by atoms with van der Waals surface area (Å²) in [4.78, 5) is 5.62. The van der Waals surface area contributed by atoms with E-state index in [1.54, 1.807) is 5.57 Å². The van der Waals surface area contributed by atoms with E-state index in [0.717, 1.165) is 25.3 Å². The van der Waals surface area contributed by atoms with Gasteiger partial charge in [0.1, 0.15) is 0 Å². The molecule has 0 radical (unpaired) electrons. The number of nitrogens with zero attached hydrogens (tertiary/aromatic N) is 2. The number of allylic oxidation sites excluding steroid dienone is 3. The highest BCUT2D eigenvalue weighted by Gasteiger charge is 2.59. The molecule has 1 spiro atoms. The summed E-state index contributed by atoms with van der Waals surface area (Å²) in [6.07, 6.45) is 34.1. The predicted molar refractivity (Wildman–Crippen MR) is 147 cm³/mol. The van der Waals surface area contributed by atoms with Crippen LogP contribution in [0.4, 0.5) is 0 Å². The third kappa shape index (κ3) is 6.05. The van der Waals surface area contributed by atoms with Crippen molar-refractivity contribution in [1.82, 2.24) is 9.80 Å². The van der Waals surface area contributed by atoms with Gasteiger partial charge in [0.05, 0.1) is 6.10 Å². The van der Waals surface area contributed by atoms with Gasteiger partial charge in [0.25, 0.3) is 0 Å². The molecule has 194 valence electrons. The predicted octanol–water partition coefficient (Wildman–Crippen LogP) is 6.66. The molecule has 2 saturated heterocycles. The first-order valence-electron chi connectivity index (χ1n) is 15.1. The van der Waals surface area contributed by atoms with E-state index in [0.29, 0.717) is 12.0 Å². The van der Waals surface area contributed by atoms with Gasteiger partial charge in [0.15, 0.2) is 0 Å². The molecule has 6 rings (SSSR count). The van der Waals surface area contributed by atoms with Crippen LogP contribution in [0.3, 0.4) is 0 Å². The molecule has 5 aliphatic heterocycles. The molecule has 35 heavy (non-hydrogen) atoms. The highest BCUT2D eigenvalue weighted by molar-refractivity contribution is 5.31. The average molecular weight is 479 g/mol. The second kappa shape index (κ2) is 12.4. The van der Waals surface area contributed by atoms with Crippen LogP contribution in [0, 0.1) is 17.3 Å². The van der Waals surface area contributed by atoms with Crippen LogP contribution >= 0.6 is 0 Å². The van der Waals surface area contributed by atoms with Crippen LogP contribution in [0.1, 0.15) is 89.9 Å². The standard InChI is InChI=1S/C32H50N2O/c35-29-18-14-10-12-16-21-34-25-28-23-27-17-13-9-7-5-3-1-2-4-6-8-11-15-20-33-22-19-30(28)32(24-29,26-33)31(27)34/h8,10-12,14,18,23,28-31,35H,1-7,9,13,15-17,19-22,24-26H2/b11-8-,12-10-,18-14-/t28-,29?,30-,31-,32-/m1/s1. The van der Waals surface area contributed by atoms with Gasteiger partial charge in [-0.15, -0.1) is 0 Å². The molecule has 0 aromatic heterocycles. The molecule has 3 heteroatoms. The first-order chi connectivity index (χ1) is 17.3. The molecule has 6 aliphatic rings. The van der Waals surface area contributed by atoms with Crippen molar-refractivity contribution in [2.45, 2.75) is 102 Å². The van der Waals surface area contributed by atoms with Crippen molar-refractivity contribution in [1.29, 1.82) is 0 Å². The summed E-state index contributed by atoms with van der Waals surface area (Å²) in [5, 5.41) is 11.2. The molecule has 7 atom stereocenters. The van der Waals surface area contributed by atoms with E-state index in [1.807, 2.05) is 0 Å². The zero-order chi connectivity index (χ0) is 23.9. The summed E-state index contributed by atoms with van der Waals surface area (Å²) < 4.78 is 0. The van der Waals surface area contributed by atoms with E-state index in [9.17, 15) is 5.11 Å². The third-order valence-corrected chi connectivity index (χ3v) is 9.78. The first-order valence-corrected chi connectivity index (χ1v) is 15.1. The Morgan fingerprint density at radius 2 is 1.57 bits per heavy atom. The van der Waals surface area contributed by atoms with Crippen molar-refractivity contribution in [3.8, 4) is 0 Å². The quantitative estimate of drug-likeness (QED) is 0.394. The van der Waals surface area contributed by atoms with Crippen LogP contribution < -0.4 is 0 Å². The molecule has 1 N–H and O–H groups in total. The Hall–Kier alpha value is -1.16. The maximum atomic E-state index is 11.2. The second-order valence-electron chi connectivity index (χ2n) is 12.2. The molecule has 0 amide bonds. The number of aliphatic hydroxyl groups excluding tert-OH is 1. The minimum Gasteiger partial charge on any atom is -0.389 e. The van der Waals surface area contributed by atoms with Crippen molar-refractivity contribution in [3.05, 3.63) is 48.1 Å². The molecular formula is C32H50N2O.